The molecule has 1 atom stereocenters. The summed E-state index contributed by atoms with van der Waals surface area (Å²) in [7, 11) is 0. The Balaban J connectivity index is 1.91. The third kappa shape index (κ3) is 2.83. The van der Waals surface area contributed by atoms with E-state index in [0.717, 1.165) is 47.4 Å². The van der Waals surface area contributed by atoms with Crippen molar-refractivity contribution in [1.29, 1.82) is 0 Å². The third-order valence-corrected chi connectivity index (χ3v) is 5.31. The van der Waals surface area contributed by atoms with Gasteiger partial charge in [0.2, 0.25) is 11.6 Å². The van der Waals surface area contributed by atoms with Crippen LogP contribution in [0.1, 0.15) is 68.9 Å². The minimum Gasteiger partial charge on any atom is -0.354 e. The maximum absolute atomic E-state index is 12.5. The van der Waals surface area contributed by atoms with Gasteiger partial charge in [0.1, 0.15) is 0 Å². The number of ketones is 2. The first-order valence-corrected chi connectivity index (χ1v) is 8.94. The standard InChI is InChI=1S/C21H25NO2/c1-4-13(2)9-5-6-10-15-14(3)20(23)21(24)18-16-11-7-8-12-17(16)22-19(15)18/h7-8,11-13,22H,4-6,9-10H2,1-3H3. The van der Waals surface area contributed by atoms with E-state index < -0.39 is 0 Å². The number of H-pyrrole nitrogens is 1. The molecule has 2 aromatic rings. The van der Waals surface area contributed by atoms with Crippen LogP contribution in [0.3, 0.4) is 0 Å². The molecule has 3 heteroatoms. The molecule has 0 amide bonds. The van der Waals surface area contributed by atoms with Gasteiger partial charge in [-0.05, 0) is 37.3 Å². The van der Waals surface area contributed by atoms with Gasteiger partial charge in [-0.1, -0.05) is 51.3 Å². The predicted octanol–water partition coefficient (Wildman–Crippen LogP) is 5.31. The molecule has 1 unspecified atom stereocenters. The van der Waals surface area contributed by atoms with Crippen molar-refractivity contribution in [3.63, 3.8) is 0 Å². The van der Waals surface area contributed by atoms with Crippen molar-refractivity contribution >= 4 is 28.0 Å². The van der Waals surface area contributed by atoms with Crippen molar-refractivity contribution in [3.05, 3.63) is 41.1 Å². The number of benzene rings is 1. The highest BCUT2D eigenvalue weighted by Crippen LogP contribution is 2.36. The molecule has 1 aliphatic rings. The molecule has 1 aromatic heterocycles. The Morgan fingerprint density at radius 3 is 2.58 bits per heavy atom. The van der Waals surface area contributed by atoms with Crippen LogP contribution in [0.5, 0.6) is 0 Å². The fraction of sp³-hybridized carbons (Fsp3) is 0.429. The lowest BCUT2D eigenvalue weighted by Crippen LogP contribution is -2.22. The van der Waals surface area contributed by atoms with E-state index in [2.05, 4.69) is 18.8 Å². The van der Waals surface area contributed by atoms with Crippen LogP contribution in [-0.4, -0.2) is 16.6 Å². The summed E-state index contributed by atoms with van der Waals surface area (Å²) in [5.41, 5.74) is 3.99. The second kappa shape index (κ2) is 6.76. The number of aromatic amines is 1. The topological polar surface area (TPSA) is 49.9 Å². The van der Waals surface area contributed by atoms with E-state index in [9.17, 15) is 9.59 Å². The lowest BCUT2D eigenvalue weighted by molar-refractivity contribution is -0.111. The summed E-state index contributed by atoms with van der Waals surface area (Å²) in [4.78, 5) is 28.3. The predicted molar refractivity (Wildman–Crippen MR) is 98.2 cm³/mol. The molecular weight excluding hydrogens is 298 g/mol. The fourth-order valence-corrected chi connectivity index (χ4v) is 3.52. The molecule has 3 nitrogen and oxygen atoms in total. The second-order valence-corrected chi connectivity index (χ2v) is 6.94. The first-order valence-electron chi connectivity index (χ1n) is 8.94. The molecular formula is C21H25NO2. The van der Waals surface area contributed by atoms with E-state index in [1.807, 2.05) is 24.3 Å². The van der Waals surface area contributed by atoms with E-state index in [4.69, 9.17) is 0 Å². The normalized spacial score (nSPS) is 16.0. The van der Waals surface area contributed by atoms with Crippen LogP contribution < -0.4 is 0 Å². The van der Waals surface area contributed by atoms with E-state index in [1.54, 1.807) is 6.92 Å². The zero-order valence-electron chi connectivity index (χ0n) is 14.7. The Kier molecular flexibility index (Phi) is 4.70. The number of carbonyl (C=O) groups is 2. The van der Waals surface area contributed by atoms with Gasteiger partial charge in [0.25, 0.3) is 0 Å². The van der Waals surface area contributed by atoms with Crippen LogP contribution in [0.15, 0.2) is 29.8 Å². The minimum absolute atomic E-state index is 0.343. The molecule has 1 heterocycles. The van der Waals surface area contributed by atoms with Gasteiger partial charge in [0.05, 0.1) is 11.3 Å². The summed E-state index contributed by atoms with van der Waals surface area (Å²) in [5.74, 6) is 0.0331. The van der Waals surface area contributed by atoms with Gasteiger partial charge in [0, 0.05) is 16.5 Å². The molecule has 24 heavy (non-hydrogen) atoms. The largest absolute Gasteiger partial charge is 0.354 e. The minimum atomic E-state index is -0.372. The summed E-state index contributed by atoms with van der Waals surface area (Å²) in [6, 6.07) is 7.72. The van der Waals surface area contributed by atoms with E-state index >= 15 is 0 Å². The number of allylic oxidation sites excluding steroid dienone is 2. The highest BCUT2D eigenvalue weighted by atomic mass is 16.2. The highest BCUT2D eigenvalue weighted by molar-refractivity contribution is 6.54. The Morgan fingerprint density at radius 1 is 1.08 bits per heavy atom. The Labute approximate surface area is 143 Å². The van der Waals surface area contributed by atoms with Gasteiger partial charge in [0.15, 0.2) is 0 Å². The lowest BCUT2D eigenvalue weighted by atomic mass is 9.85. The van der Waals surface area contributed by atoms with Crippen LogP contribution in [0.25, 0.3) is 16.5 Å². The molecule has 0 saturated carbocycles. The van der Waals surface area contributed by atoms with Crippen LogP contribution in [0.4, 0.5) is 0 Å². The fourth-order valence-electron chi connectivity index (χ4n) is 3.52. The summed E-state index contributed by atoms with van der Waals surface area (Å²) < 4.78 is 0. The Bertz CT molecular complexity index is 825. The average Bonchev–Trinajstić information content (AvgIpc) is 2.98. The zero-order valence-corrected chi connectivity index (χ0v) is 14.7. The second-order valence-electron chi connectivity index (χ2n) is 6.94. The summed E-state index contributed by atoms with van der Waals surface area (Å²) in [6.07, 6.45) is 5.48. The van der Waals surface area contributed by atoms with Crippen molar-refractivity contribution in [2.75, 3.05) is 0 Å². The molecule has 0 radical (unpaired) electrons. The zero-order chi connectivity index (χ0) is 17.3. The average molecular weight is 323 g/mol. The molecule has 0 saturated heterocycles. The number of aromatic nitrogens is 1. The van der Waals surface area contributed by atoms with E-state index in [1.165, 1.54) is 12.8 Å². The number of hydrogen-bond acceptors (Lipinski definition) is 2. The number of rotatable bonds is 6. The molecule has 1 aliphatic carbocycles. The number of fused-ring (bicyclic) bond motifs is 3. The third-order valence-electron chi connectivity index (χ3n) is 5.31. The summed E-state index contributed by atoms with van der Waals surface area (Å²) >= 11 is 0. The number of para-hydroxylation sites is 1. The van der Waals surface area contributed by atoms with Gasteiger partial charge < -0.3 is 4.98 Å². The van der Waals surface area contributed by atoms with Gasteiger partial charge in [-0.25, -0.2) is 0 Å². The van der Waals surface area contributed by atoms with Crippen LogP contribution in [0.2, 0.25) is 0 Å². The highest BCUT2D eigenvalue weighted by Gasteiger charge is 2.33. The smallest absolute Gasteiger partial charge is 0.235 e. The maximum Gasteiger partial charge on any atom is 0.235 e. The Morgan fingerprint density at radius 2 is 1.83 bits per heavy atom. The first-order chi connectivity index (χ1) is 11.5. The van der Waals surface area contributed by atoms with Crippen molar-refractivity contribution in [2.24, 2.45) is 5.92 Å². The molecule has 0 bridgehead atoms. The van der Waals surface area contributed by atoms with Crippen LogP contribution in [0, 0.1) is 5.92 Å². The molecule has 0 spiro atoms. The number of Topliss-reactive ketones (excluding diaryl/α,β-unsaturated/α-hetero) is 2. The lowest BCUT2D eigenvalue weighted by Gasteiger charge is -2.17. The number of hydrogen-bond donors (Lipinski definition) is 1. The van der Waals surface area contributed by atoms with E-state index in [0.29, 0.717) is 11.1 Å². The van der Waals surface area contributed by atoms with Crippen molar-refractivity contribution in [1.82, 2.24) is 4.98 Å². The number of unbranched alkanes of at least 4 members (excludes halogenated alkanes) is 1. The maximum atomic E-state index is 12.5. The van der Waals surface area contributed by atoms with Crippen LogP contribution in [-0.2, 0) is 4.79 Å². The van der Waals surface area contributed by atoms with Crippen LogP contribution >= 0.6 is 0 Å². The van der Waals surface area contributed by atoms with Crippen molar-refractivity contribution in [3.8, 4) is 0 Å². The summed E-state index contributed by atoms with van der Waals surface area (Å²) in [6.45, 7) is 6.29. The van der Waals surface area contributed by atoms with Gasteiger partial charge >= 0.3 is 0 Å². The van der Waals surface area contributed by atoms with Crippen molar-refractivity contribution < 1.29 is 9.59 Å². The number of carbonyl (C=O) groups excluding carboxylic acids is 2. The quantitative estimate of drug-likeness (QED) is 0.578. The van der Waals surface area contributed by atoms with Gasteiger partial charge in [-0.15, -0.1) is 0 Å². The molecule has 0 aliphatic heterocycles. The number of nitrogens with one attached hydrogen (secondary N) is 1. The van der Waals surface area contributed by atoms with Crippen molar-refractivity contribution in [2.45, 2.75) is 52.9 Å². The van der Waals surface area contributed by atoms with Gasteiger partial charge in [-0.2, -0.15) is 0 Å². The molecule has 0 fully saturated rings. The van der Waals surface area contributed by atoms with E-state index in [-0.39, 0.29) is 11.6 Å². The Hall–Kier alpha value is -2.16. The monoisotopic (exact) mass is 323 g/mol. The molecule has 126 valence electrons. The molecule has 1 N–H and O–H groups in total. The van der Waals surface area contributed by atoms with Gasteiger partial charge in [-0.3, -0.25) is 9.59 Å². The SMILES string of the molecule is CCC(C)CCCCC1=C(C)C(=O)C(=O)c2c1[nH]c1ccccc21. The molecule has 3 rings (SSSR count). The first kappa shape index (κ1) is 16.7. The molecule has 1 aromatic carbocycles. The summed E-state index contributed by atoms with van der Waals surface area (Å²) in [5, 5.41) is 0.857.